The fourth-order valence-corrected chi connectivity index (χ4v) is 4.92. The standard InChI is InChI=1S/C26H32N2O4/c1-31-22-12-6-11-20(23(22)32-2)25(30)28-16-13-26(14-17-28)18-21(26)24(29)27-15-7-10-19-8-4-3-5-9-19/h3-6,8-9,11-12,21H,7,10,13-18H2,1-2H3,(H,27,29). The average Bonchev–Trinajstić information content (AvgIpc) is 3.54. The van der Waals surface area contributed by atoms with Gasteiger partial charge in [0.05, 0.1) is 19.8 Å². The monoisotopic (exact) mass is 436 g/mol. The van der Waals surface area contributed by atoms with Crippen molar-refractivity contribution in [3.05, 3.63) is 59.7 Å². The topological polar surface area (TPSA) is 67.9 Å². The molecule has 2 aromatic carbocycles. The molecule has 0 aromatic heterocycles. The second-order valence-corrected chi connectivity index (χ2v) is 8.83. The van der Waals surface area contributed by atoms with Crippen molar-refractivity contribution in [2.24, 2.45) is 11.3 Å². The fourth-order valence-electron chi connectivity index (χ4n) is 4.92. The van der Waals surface area contributed by atoms with Crippen LogP contribution in [0, 0.1) is 11.3 Å². The molecule has 1 spiro atoms. The van der Waals surface area contributed by atoms with Crippen LogP contribution in [0.15, 0.2) is 48.5 Å². The first-order valence-corrected chi connectivity index (χ1v) is 11.4. The van der Waals surface area contributed by atoms with E-state index in [1.165, 1.54) is 5.56 Å². The summed E-state index contributed by atoms with van der Waals surface area (Å²) in [5.74, 6) is 1.24. The predicted molar refractivity (Wildman–Crippen MR) is 123 cm³/mol. The Labute approximate surface area is 189 Å². The Morgan fingerprint density at radius 2 is 1.78 bits per heavy atom. The first-order valence-electron chi connectivity index (χ1n) is 11.4. The molecule has 0 radical (unpaired) electrons. The molecule has 1 saturated carbocycles. The molecule has 2 aromatic rings. The molecule has 6 heteroatoms. The number of methoxy groups -OCH3 is 2. The van der Waals surface area contributed by atoms with Gasteiger partial charge in [0.15, 0.2) is 11.5 Å². The molecule has 1 atom stereocenters. The number of nitrogens with one attached hydrogen (secondary N) is 1. The number of rotatable bonds is 8. The van der Waals surface area contributed by atoms with Crippen molar-refractivity contribution in [3.63, 3.8) is 0 Å². The normalized spacial score (nSPS) is 18.8. The predicted octanol–water partition coefficient (Wildman–Crippen LogP) is 3.70. The molecule has 32 heavy (non-hydrogen) atoms. The Morgan fingerprint density at radius 1 is 1.03 bits per heavy atom. The maximum Gasteiger partial charge on any atom is 0.257 e. The number of benzene rings is 2. The van der Waals surface area contributed by atoms with Crippen molar-refractivity contribution in [1.82, 2.24) is 10.2 Å². The lowest BCUT2D eigenvalue weighted by atomic mass is 9.90. The Kier molecular flexibility index (Phi) is 6.68. The second kappa shape index (κ2) is 9.63. The first-order chi connectivity index (χ1) is 15.6. The highest BCUT2D eigenvalue weighted by Crippen LogP contribution is 2.59. The second-order valence-electron chi connectivity index (χ2n) is 8.83. The van der Waals surface area contributed by atoms with E-state index in [0.717, 1.165) is 32.1 Å². The van der Waals surface area contributed by atoms with E-state index < -0.39 is 0 Å². The van der Waals surface area contributed by atoms with Gasteiger partial charge in [-0.1, -0.05) is 36.4 Å². The molecule has 4 rings (SSSR count). The quantitative estimate of drug-likeness (QED) is 0.641. The maximum atomic E-state index is 13.1. The van der Waals surface area contributed by atoms with Gasteiger partial charge < -0.3 is 19.7 Å². The average molecular weight is 437 g/mol. The number of likely N-dealkylation sites (tertiary alicyclic amines) is 1. The molecule has 170 valence electrons. The smallest absolute Gasteiger partial charge is 0.257 e. The number of nitrogens with zero attached hydrogens (tertiary/aromatic N) is 1. The lowest BCUT2D eigenvalue weighted by molar-refractivity contribution is -0.123. The van der Waals surface area contributed by atoms with Crippen molar-refractivity contribution in [1.29, 1.82) is 0 Å². The molecular weight excluding hydrogens is 404 g/mol. The van der Waals surface area contributed by atoms with E-state index in [0.29, 0.717) is 36.7 Å². The Bertz CT molecular complexity index is 952. The first kappa shape index (κ1) is 22.2. The minimum Gasteiger partial charge on any atom is -0.493 e. The third kappa shape index (κ3) is 4.59. The van der Waals surface area contributed by atoms with Crippen LogP contribution in [0.3, 0.4) is 0 Å². The molecule has 1 saturated heterocycles. The Morgan fingerprint density at radius 3 is 2.47 bits per heavy atom. The van der Waals surface area contributed by atoms with E-state index in [1.54, 1.807) is 32.4 Å². The number of ether oxygens (including phenoxy) is 2. The SMILES string of the molecule is COc1cccc(C(=O)N2CCC3(CC2)CC3C(=O)NCCCc2ccccc2)c1OC. The van der Waals surface area contributed by atoms with Gasteiger partial charge in [-0.3, -0.25) is 9.59 Å². The molecule has 2 aliphatic rings. The van der Waals surface area contributed by atoms with Crippen LogP contribution in [-0.2, 0) is 11.2 Å². The van der Waals surface area contributed by atoms with E-state index in [-0.39, 0.29) is 23.1 Å². The third-order valence-corrected chi connectivity index (χ3v) is 6.97. The number of para-hydroxylation sites is 1. The van der Waals surface area contributed by atoms with Gasteiger partial charge in [0.2, 0.25) is 5.91 Å². The van der Waals surface area contributed by atoms with Crippen LogP contribution in [0.4, 0.5) is 0 Å². The number of hydrogen-bond acceptors (Lipinski definition) is 4. The molecule has 1 N–H and O–H groups in total. The summed E-state index contributed by atoms with van der Waals surface area (Å²) in [6.07, 6.45) is 4.59. The molecule has 1 aliphatic heterocycles. The summed E-state index contributed by atoms with van der Waals surface area (Å²) in [4.78, 5) is 27.6. The minimum absolute atomic E-state index is 0.0434. The molecule has 1 heterocycles. The number of amides is 2. The zero-order chi connectivity index (χ0) is 22.6. The zero-order valence-electron chi connectivity index (χ0n) is 18.9. The highest BCUT2D eigenvalue weighted by molar-refractivity contribution is 5.98. The lowest BCUT2D eigenvalue weighted by Crippen LogP contribution is -2.40. The van der Waals surface area contributed by atoms with Crippen molar-refractivity contribution in [2.75, 3.05) is 33.9 Å². The summed E-state index contributed by atoms with van der Waals surface area (Å²) in [6, 6.07) is 15.7. The minimum atomic E-state index is -0.0434. The summed E-state index contributed by atoms with van der Waals surface area (Å²) in [5.41, 5.74) is 1.89. The van der Waals surface area contributed by atoms with E-state index in [4.69, 9.17) is 9.47 Å². The molecule has 1 unspecified atom stereocenters. The Balaban J connectivity index is 1.25. The zero-order valence-corrected chi connectivity index (χ0v) is 18.9. The number of piperidine rings is 1. The highest BCUT2D eigenvalue weighted by Gasteiger charge is 2.58. The lowest BCUT2D eigenvalue weighted by Gasteiger charge is -2.33. The maximum absolute atomic E-state index is 13.1. The summed E-state index contributed by atoms with van der Waals surface area (Å²) in [7, 11) is 3.11. The van der Waals surface area contributed by atoms with Gasteiger partial charge in [0, 0.05) is 25.6 Å². The van der Waals surface area contributed by atoms with E-state index >= 15 is 0 Å². The number of carbonyl (C=O) groups is 2. The summed E-state index contributed by atoms with van der Waals surface area (Å²) in [5, 5.41) is 3.12. The molecule has 0 bridgehead atoms. The van der Waals surface area contributed by atoms with Gasteiger partial charge in [-0.15, -0.1) is 0 Å². The molecular formula is C26H32N2O4. The van der Waals surface area contributed by atoms with E-state index in [2.05, 4.69) is 17.4 Å². The van der Waals surface area contributed by atoms with E-state index in [9.17, 15) is 9.59 Å². The van der Waals surface area contributed by atoms with Crippen LogP contribution in [0.1, 0.15) is 41.6 Å². The van der Waals surface area contributed by atoms with Crippen LogP contribution in [0.2, 0.25) is 0 Å². The van der Waals surface area contributed by atoms with Crippen molar-refractivity contribution in [3.8, 4) is 11.5 Å². The van der Waals surface area contributed by atoms with Crippen LogP contribution in [-0.4, -0.2) is 50.6 Å². The third-order valence-electron chi connectivity index (χ3n) is 6.97. The van der Waals surface area contributed by atoms with Gasteiger partial charge in [-0.2, -0.15) is 0 Å². The van der Waals surface area contributed by atoms with Crippen molar-refractivity contribution in [2.45, 2.75) is 32.1 Å². The van der Waals surface area contributed by atoms with Gasteiger partial charge in [-0.25, -0.2) is 0 Å². The summed E-state index contributed by atoms with van der Waals surface area (Å²) >= 11 is 0. The molecule has 1 aliphatic carbocycles. The van der Waals surface area contributed by atoms with Crippen LogP contribution >= 0.6 is 0 Å². The molecule has 2 amide bonds. The number of hydrogen-bond donors (Lipinski definition) is 1. The van der Waals surface area contributed by atoms with E-state index in [1.807, 2.05) is 23.1 Å². The molecule has 6 nitrogen and oxygen atoms in total. The largest absolute Gasteiger partial charge is 0.493 e. The van der Waals surface area contributed by atoms with Crippen molar-refractivity contribution >= 4 is 11.8 Å². The van der Waals surface area contributed by atoms with Crippen LogP contribution in [0.5, 0.6) is 11.5 Å². The fraction of sp³-hybridized carbons (Fsp3) is 0.462. The number of aryl methyl sites for hydroxylation is 1. The molecule has 2 fully saturated rings. The summed E-state index contributed by atoms with van der Waals surface area (Å²) < 4.78 is 10.8. The number of carbonyl (C=O) groups excluding carboxylic acids is 2. The van der Waals surface area contributed by atoms with Crippen LogP contribution < -0.4 is 14.8 Å². The van der Waals surface area contributed by atoms with Gasteiger partial charge >= 0.3 is 0 Å². The van der Waals surface area contributed by atoms with Crippen LogP contribution in [0.25, 0.3) is 0 Å². The Hall–Kier alpha value is -3.02. The van der Waals surface area contributed by atoms with Gasteiger partial charge in [0.25, 0.3) is 5.91 Å². The van der Waals surface area contributed by atoms with Gasteiger partial charge in [0.1, 0.15) is 0 Å². The van der Waals surface area contributed by atoms with Gasteiger partial charge in [-0.05, 0) is 55.2 Å². The highest BCUT2D eigenvalue weighted by atomic mass is 16.5. The van der Waals surface area contributed by atoms with Crippen molar-refractivity contribution < 1.29 is 19.1 Å². The summed E-state index contributed by atoms with van der Waals surface area (Å²) in [6.45, 7) is 2.04.